The molecule has 2 nitrogen and oxygen atoms in total. The van der Waals surface area contributed by atoms with Gasteiger partial charge in [-0.05, 0) is 24.3 Å². The highest BCUT2D eigenvalue weighted by Crippen LogP contribution is 2.23. The molecule has 0 bridgehead atoms. The fraction of sp³-hybridized carbons (Fsp3) is 0.333. The van der Waals surface area contributed by atoms with Crippen molar-refractivity contribution in [2.24, 2.45) is 0 Å². The van der Waals surface area contributed by atoms with Gasteiger partial charge in [-0.15, -0.1) is 0 Å². The van der Waals surface area contributed by atoms with Gasteiger partial charge in [0.15, 0.2) is 0 Å². The predicted molar refractivity (Wildman–Crippen MR) is 90.2 cm³/mol. The Morgan fingerprint density at radius 3 is 1.19 bits per heavy atom. The van der Waals surface area contributed by atoms with Crippen molar-refractivity contribution in [3.63, 3.8) is 0 Å². The molecule has 0 radical (unpaired) electrons. The van der Waals surface area contributed by atoms with Crippen LogP contribution in [-0.4, -0.2) is 0 Å². The van der Waals surface area contributed by atoms with Crippen LogP contribution in [0.2, 0.25) is 0 Å². The lowest BCUT2D eigenvalue weighted by Crippen LogP contribution is -1.85. The monoisotopic (exact) mass is 302 g/mol. The van der Waals surface area contributed by atoms with E-state index in [0.29, 0.717) is 0 Å². The van der Waals surface area contributed by atoms with Crippen molar-refractivity contribution in [2.75, 3.05) is 0 Å². The van der Waals surface area contributed by atoms with Crippen molar-refractivity contribution in [2.45, 2.75) is 38.5 Å². The molecule has 0 heterocycles. The third-order valence-electron chi connectivity index (χ3n) is 3.31. The molecule has 2 aromatic rings. The van der Waals surface area contributed by atoms with Crippen molar-refractivity contribution in [3.05, 3.63) is 60.7 Å². The zero-order valence-electron chi connectivity index (χ0n) is 12.3. The zero-order chi connectivity index (χ0) is 14.6. The minimum absolute atomic E-state index is 0.0129. The smallest absolute Gasteiger partial charge is 0.275 e. The van der Waals surface area contributed by atoms with Gasteiger partial charge in [-0.2, -0.15) is 0 Å². The molecular formula is C18H23O2P. The van der Waals surface area contributed by atoms with Gasteiger partial charge >= 0.3 is 0 Å². The van der Waals surface area contributed by atoms with Gasteiger partial charge in [0.25, 0.3) is 9.03 Å². The number of rotatable bonds is 4. The molecule has 0 spiro atoms. The van der Waals surface area contributed by atoms with Crippen molar-refractivity contribution in [1.29, 1.82) is 0 Å². The first-order chi connectivity index (χ1) is 10.4. The van der Waals surface area contributed by atoms with Gasteiger partial charge in [-0.25, -0.2) is 0 Å². The molecule has 1 fully saturated rings. The van der Waals surface area contributed by atoms with Crippen LogP contribution in [0.25, 0.3) is 0 Å². The molecule has 3 rings (SSSR count). The Hall–Kier alpha value is -1.53. The van der Waals surface area contributed by atoms with Crippen LogP contribution in [0.4, 0.5) is 0 Å². The predicted octanol–water partition coefficient (Wildman–Crippen LogP) is 5.99. The van der Waals surface area contributed by atoms with Crippen molar-refractivity contribution >= 4 is 9.03 Å². The second-order valence-corrected chi connectivity index (χ2v) is 5.61. The van der Waals surface area contributed by atoms with E-state index in [4.69, 9.17) is 9.05 Å². The summed E-state index contributed by atoms with van der Waals surface area (Å²) in [6.07, 6.45) is 9.00. The van der Waals surface area contributed by atoms with Crippen molar-refractivity contribution in [3.8, 4) is 11.5 Å². The Morgan fingerprint density at radius 1 is 0.524 bits per heavy atom. The van der Waals surface area contributed by atoms with Crippen LogP contribution in [0.5, 0.6) is 11.5 Å². The summed E-state index contributed by atoms with van der Waals surface area (Å²) < 4.78 is 10.8. The van der Waals surface area contributed by atoms with Gasteiger partial charge < -0.3 is 9.05 Å². The number of hydrogen-bond donors (Lipinski definition) is 0. The second-order valence-electron chi connectivity index (χ2n) is 5.03. The van der Waals surface area contributed by atoms with Gasteiger partial charge in [-0.1, -0.05) is 74.9 Å². The number of benzene rings is 2. The standard InChI is InChI=1S/C12H11O2P.C6H12/c1-3-7-11(8-4-1)13-15-14-12-9-5-2-6-10-12;1-2-4-6-5-3-1/h1-10,15H;1-6H2. The highest BCUT2D eigenvalue weighted by atomic mass is 31.1. The Labute approximate surface area is 129 Å². The molecule has 0 amide bonds. The minimum Gasteiger partial charge on any atom is -0.441 e. The fourth-order valence-corrected chi connectivity index (χ4v) is 2.66. The van der Waals surface area contributed by atoms with Crippen LogP contribution in [0, 0.1) is 0 Å². The van der Waals surface area contributed by atoms with E-state index < -0.39 is 0 Å². The van der Waals surface area contributed by atoms with E-state index in [1.807, 2.05) is 60.7 Å². The summed E-state index contributed by atoms with van der Waals surface area (Å²) in [5.41, 5.74) is 0. The quantitative estimate of drug-likeness (QED) is 0.645. The molecule has 0 aliphatic heterocycles. The van der Waals surface area contributed by atoms with Crippen molar-refractivity contribution < 1.29 is 9.05 Å². The Morgan fingerprint density at radius 2 is 0.857 bits per heavy atom. The summed E-state index contributed by atoms with van der Waals surface area (Å²) in [6.45, 7) is 0. The first-order valence-corrected chi connectivity index (χ1v) is 8.45. The van der Waals surface area contributed by atoms with E-state index >= 15 is 0 Å². The average molecular weight is 302 g/mol. The zero-order valence-corrected chi connectivity index (χ0v) is 13.3. The topological polar surface area (TPSA) is 18.5 Å². The Kier molecular flexibility index (Phi) is 7.72. The summed E-state index contributed by atoms with van der Waals surface area (Å²) >= 11 is 0. The number of para-hydroxylation sites is 2. The lowest BCUT2D eigenvalue weighted by molar-refractivity contribution is 0.504. The first kappa shape index (κ1) is 15.9. The summed E-state index contributed by atoms with van der Waals surface area (Å²) in [4.78, 5) is 0. The van der Waals surface area contributed by atoms with E-state index in [-0.39, 0.29) is 9.03 Å². The molecule has 1 saturated carbocycles. The second kappa shape index (κ2) is 10.2. The van der Waals surface area contributed by atoms with Crippen LogP contribution >= 0.6 is 9.03 Å². The van der Waals surface area contributed by atoms with E-state index in [2.05, 4.69) is 0 Å². The maximum Gasteiger partial charge on any atom is 0.275 e. The van der Waals surface area contributed by atoms with Gasteiger partial charge in [-0.3, -0.25) is 0 Å². The highest BCUT2D eigenvalue weighted by molar-refractivity contribution is 7.27. The van der Waals surface area contributed by atoms with E-state index in [1.165, 1.54) is 38.5 Å². The lowest BCUT2D eigenvalue weighted by Gasteiger charge is -2.06. The normalized spacial score (nSPS) is 13.7. The molecule has 1 aliphatic rings. The van der Waals surface area contributed by atoms with Gasteiger partial charge in [0.2, 0.25) is 0 Å². The molecule has 1 aliphatic carbocycles. The summed E-state index contributed by atoms with van der Waals surface area (Å²) in [5.74, 6) is 1.65. The van der Waals surface area contributed by atoms with Crippen LogP contribution in [0.3, 0.4) is 0 Å². The molecule has 3 heteroatoms. The molecule has 0 atom stereocenters. The molecule has 0 saturated heterocycles. The molecule has 0 unspecified atom stereocenters. The molecular weight excluding hydrogens is 279 g/mol. The molecule has 112 valence electrons. The summed E-state index contributed by atoms with van der Waals surface area (Å²) in [7, 11) is -0.0129. The Bertz CT molecular complexity index is 418. The molecule has 0 N–H and O–H groups in total. The molecule has 0 aromatic heterocycles. The molecule has 21 heavy (non-hydrogen) atoms. The fourth-order valence-electron chi connectivity index (χ4n) is 2.15. The maximum absolute atomic E-state index is 5.42. The van der Waals surface area contributed by atoms with Crippen molar-refractivity contribution in [1.82, 2.24) is 0 Å². The van der Waals surface area contributed by atoms with Gasteiger partial charge in [0.05, 0.1) is 0 Å². The number of hydrogen-bond acceptors (Lipinski definition) is 2. The Balaban J connectivity index is 0.000000225. The van der Waals surface area contributed by atoms with Gasteiger partial charge in [0, 0.05) is 0 Å². The van der Waals surface area contributed by atoms with Crippen LogP contribution in [0.15, 0.2) is 60.7 Å². The van der Waals surface area contributed by atoms with E-state index in [9.17, 15) is 0 Å². The van der Waals surface area contributed by atoms with Crippen LogP contribution in [-0.2, 0) is 0 Å². The largest absolute Gasteiger partial charge is 0.441 e. The third-order valence-corrected chi connectivity index (χ3v) is 3.94. The first-order valence-electron chi connectivity index (χ1n) is 7.64. The van der Waals surface area contributed by atoms with Crippen LogP contribution in [0.1, 0.15) is 38.5 Å². The average Bonchev–Trinajstić information content (AvgIpc) is 2.59. The summed E-state index contributed by atoms with van der Waals surface area (Å²) in [5, 5.41) is 0. The van der Waals surface area contributed by atoms with E-state index in [0.717, 1.165) is 11.5 Å². The molecule has 2 aromatic carbocycles. The minimum atomic E-state index is -0.0129. The lowest BCUT2D eigenvalue weighted by atomic mass is 10.0. The SMILES string of the molecule is C1CCCCC1.c1ccc(OPOc2ccccc2)cc1. The summed E-state index contributed by atoms with van der Waals surface area (Å²) in [6, 6.07) is 19.3. The highest BCUT2D eigenvalue weighted by Gasteiger charge is 1.95. The maximum atomic E-state index is 5.42. The van der Waals surface area contributed by atoms with Gasteiger partial charge in [0.1, 0.15) is 11.5 Å². The third kappa shape index (κ3) is 7.15. The van der Waals surface area contributed by atoms with Crippen LogP contribution < -0.4 is 9.05 Å². The van der Waals surface area contributed by atoms with E-state index in [1.54, 1.807) is 0 Å².